The van der Waals surface area contributed by atoms with E-state index in [1.165, 1.54) is 0 Å². The number of thiophene rings is 1. The number of nitriles is 1. The number of carbonyl (C=O) groups excluding carboxylic acids is 3. The third-order valence-electron chi connectivity index (χ3n) is 4.94. The Morgan fingerprint density at radius 1 is 1.19 bits per heavy atom. The molecule has 0 bridgehead atoms. The fourth-order valence-electron chi connectivity index (χ4n) is 3.26. The van der Waals surface area contributed by atoms with Crippen LogP contribution in [0.5, 0.6) is 0 Å². The number of hydrogen-bond acceptors (Lipinski definition) is 5. The summed E-state index contributed by atoms with van der Waals surface area (Å²) in [5.74, 6) is -2.31. The predicted octanol–water partition coefficient (Wildman–Crippen LogP) is 3.18. The Labute approximate surface area is 157 Å². The molecule has 2 saturated carbocycles. The maximum Gasteiger partial charge on any atom is 0.245 e. The molecule has 2 N–H and O–H groups in total. The largest absolute Gasteiger partial charge is 0.352 e. The summed E-state index contributed by atoms with van der Waals surface area (Å²) >= 11 is 1.14. The Kier molecular flexibility index (Phi) is 5.72. The third-order valence-corrected chi connectivity index (χ3v) is 6.11. The van der Waals surface area contributed by atoms with Gasteiger partial charge in [0.05, 0.1) is 15.9 Å². The van der Waals surface area contributed by atoms with E-state index in [2.05, 4.69) is 10.6 Å². The highest BCUT2D eigenvalue weighted by molar-refractivity contribution is 7.18. The summed E-state index contributed by atoms with van der Waals surface area (Å²) in [6, 6.07) is 3.63. The lowest BCUT2D eigenvalue weighted by atomic mass is 9.94. The molecular weight excluding hydrogens is 350 g/mol. The van der Waals surface area contributed by atoms with Crippen molar-refractivity contribution < 1.29 is 14.4 Å². The second-order valence-corrected chi connectivity index (χ2v) is 8.21. The van der Waals surface area contributed by atoms with Crippen molar-refractivity contribution in [3.05, 3.63) is 16.5 Å². The third kappa shape index (κ3) is 4.31. The van der Waals surface area contributed by atoms with Crippen LogP contribution in [0.25, 0.3) is 0 Å². The quantitative estimate of drug-likeness (QED) is 0.591. The monoisotopic (exact) mass is 373 g/mol. The molecule has 26 heavy (non-hydrogen) atoms. The van der Waals surface area contributed by atoms with Crippen molar-refractivity contribution in [2.75, 3.05) is 5.32 Å². The van der Waals surface area contributed by atoms with Gasteiger partial charge in [0.2, 0.25) is 11.8 Å². The first-order chi connectivity index (χ1) is 12.5. The van der Waals surface area contributed by atoms with Crippen LogP contribution in [-0.2, 0) is 9.59 Å². The summed E-state index contributed by atoms with van der Waals surface area (Å²) in [6.07, 6.45) is 6.88. The van der Waals surface area contributed by atoms with Crippen LogP contribution in [0.15, 0.2) is 6.07 Å². The Morgan fingerprint density at radius 2 is 1.88 bits per heavy atom. The number of aryl methyl sites for hydroxylation is 1. The van der Waals surface area contributed by atoms with Gasteiger partial charge in [0.1, 0.15) is 0 Å². The van der Waals surface area contributed by atoms with Crippen molar-refractivity contribution in [1.82, 2.24) is 5.32 Å². The summed E-state index contributed by atoms with van der Waals surface area (Å²) in [5, 5.41) is 15.6. The van der Waals surface area contributed by atoms with E-state index in [-0.39, 0.29) is 17.9 Å². The maximum atomic E-state index is 12.7. The van der Waals surface area contributed by atoms with Crippen molar-refractivity contribution >= 4 is 33.9 Å². The molecule has 6 nitrogen and oxygen atoms in total. The molecule has 3 rings (SSSR count). The molecule has 1 aromatic heterocycles. The summed E-state index contributed by atoms with van der Waals surface area (Å²) in [7, 11) is 0. The molecule has 1 heterocycles. The molecular formula is C19H23N3O3S. The SMILES string of the molecule is Cc1cc(NC(=O)C2CC2)sc1C(=O)C(C#N)C(=O)NC1CCCCC1. The van der Waals surface area contributed by atoms with Gasteiger partial charge in [-0.2, -0.15) is 5.26 Å². The number of hydrogen-bond donors (Lipinski definition) is 2. The highest BCUT2D eigenvalue weighted by atomic mass is 32.1. The smallest absolute Gasteiger partial charge is 0.245 e. The highest BCUT2D eigenvalue weighted by Crippen LogP contribution is 2.33. The molecule has 2 fully saturated rings. The minimum Gasteiger partial charge on any atom is -0.352 e. The number of carbonyl (C=O) groups is 3. The molecule has 0 aliphatic heterocycles. The Hall–Kier alpha value is -2.20. The van der Waals surface area contributed by atoms with Crippen LogP contribution >= 0.6 is 11.3 Å². The van der Waals surface area contributed by atoms with Gasteiger partial charge in [0, 0.05) is 12.0 Å². The van der Waals surface area contributed by atoms with Crippen LogP contribution in [0, 0.1) is 30.1 Å². The summed E-state index contributed by atoms with van der Waals surface area (Å²) < 4.78 is 0. The van der Waals surface area contributed by atoms with E-state index in [9.17, 15) is 19.6 Å². The van der Waals surface area contributed by atoms with Crippen molar-refractivity contribution in [2.24, 2.45) is 11.8 Å². The molecule has 1 aromatic rings. The average Bonchev–Trinajstić information content (AvgIpc) is 3.40. The first-order valence-corrected chi connectivity index (χ1v) is 9.96. The first-order valence-electron chi connectivity index (χ1n) is 9.15. The van der Waals surface area contributed by atoms with Gasteiger partial charge in [-0.1, -0.05) is 19.3 Å². The topological polar surface area (TPSA) is 99.1 Å². The van der Waals surface area contributed by atoms with Crippen LogP contribution in [0.1, 0.15) is 60.2 Å². The average molecular weight is 373 g/mol. The predicted molar refractivity (Wildman–Crippen MR) is 98.9 cm³/mol. The normalized spacial score (nSPS) is 18.6. The Morgan fingerprint density at radius 3 is 2.50 bits per heavy atom. The van der Waals surface area contributed by atoms with Gasteiger partial charge in [-0.25, -0.2) is 0 Å². The maximum absolute atomic E-state index is 12.7. The van der Waals surface area contributed by atoms with E-state index >= 15 is 0 Å². The van der Waals surface area contributed by atoms with Gasteiger partial charge in [-0.3, -0.25) is 14.4 Å². The van der Waals surface area contributed by atoms with Crippen LogP contribution in [0.3, 0.4) is 0 Å². The lowest BCUT2D eigenvalue weighted by molar-refractivity contribution is -0.123. The van der Waals surface area contributed by atoms with Crippen molar-refractivity contribution in [3.8, 4) is 6.07 Å². The number of amides is 2. The molecule has 2 amide bonds. The second kappa shape index (κ2) is 8.00. The molecule has 138 valence electrons. The summed E-state index contributed by atoms with van der Waals surface area (Å²) in [4.78, 5) is 37.4. The standard InChI is InChI=1S/C19H23N3O3S/c1-11-9-15(22-18(24)12-7-8-12)26-17(11)16(23)14(10-20)19(25)21-13-5-3-2-4-6-13/h9,12-14H,2-8H2,1H3,(H,21,25)(H,22,24). The molecule has 2 aliphatic carbocycles. The lowest BCUT2D eigenvalue weighted by Crippen LogP contribution is -2.41. The van der Waals surface area contributed by atoms with Gasteiger partial charge in [-0.05, 0) is 44.2 Å². The van der Waals surface area contributed by atoms with E-state index in [1.54, 1.807) is 13.0 Å². The zero-order valence-corrected chi connectivity index (χ0v) is 15.7. The van der Waals surface area contributed by atoms with E-state index in [4.69, 9.17) is 0 Å². The van der Waals surface area contributed by atoms with Crippen molar-refractivity contribution in [2.45, 2.75) is 57.9 Å². The van der Waals surface area contributed by atoms with Gasteiger partial charge in [-0.15, -0.1) is 11.3 Å². The van der Waals surface area contributed by atoms with E-state index in [1.807, 2.05) is 6.07 Å². The van der Waals surface area contributed by atoms with E-state index in [0.29, 0.717) is 15.4 Å². The van der Waals surface area contributed by atoms with Gasteiger partial charge in [0.15, 0.2) is 11.7 Å². The Bertz CT molecular complexity index is 755. The second-order valence-electron chi connectivity index (χ2n) is 7.16. The molecule has 0 spiro atoms. The lowest BCUT2D eigenvalue weighted by Gasteiger charge is -2.23. The summed E-state index contributed by atoms with van der Waals surface area (Å²) in [6.45, 7) is 1.75. The number of nitrogens with zero attached hydrogens (tertiary/aromatic N) is 1. The van der Waals surface area contributed by atoms with E-state index < -0.39 is 17.6 Å². The molecule has 0 saturated heterocycles. The molecule has 0 radical (unpaired) electrons. The van der Waals surface area contributed by atoms with Crippen LogP contribution in [0.2, 0.25) is 0 Å². The Balaban J connectivity index is 1.67. The molecule has 0 aromatic carbocycles. The van der Waals surface area contributed by atoms with Crippen LogP contribution in [-0.4, -0.2) is 23.6 Å². The molecule has 7 heteroatoms. The van der Waals surface area contributed by atoms with E-state index in [0.717, 1.165) is 56.3 Å². The zero-order chi connectivity index (χ0) is 18.7. The highest BCUT2D eigenvalue weighted by Gasteiger charge is 2.33. The number of nitrogens with one attached hydrogen (secondary N) is 2. The minimum absolute atomic E-state index is 0.0304. The first kappa shape index (κ1) is 18.6. The number of Topliss-reactive ketones (excluding diaryl/α,β-unsaturated/α-hetero) is 1. The van der Waals surface area contributed by atoms with Gasteiger partial charge in [0.25, 0.3) is 0 Å². The fraction of sp³-hybridized carbons (Fsp3) is 0.579. The van der Waals surface area contributed by atoms with Crippen LogP contribution in [0.4, 0.5) is 5.00 Å². The molecule has 2 aliphatic rings. The molecule has 1 atom stereocenters. The zero-order valence-electron chi connectivity index (χ0n) is 14.8. The van der Waals surface area contributed by atoms with Gasteiger partial charge < -0.3 is 10.6 Å². The van der Waals surface area contributed by atoms with Crippen molar-refractivity contribution in [1.29, 1.82) is 5.26 Å². The number of anilines is 1. The number of rotatable bonds is 6. The van der Waals surface area contributed by atoms with Crippen molar-refractivity contribution in [3.63, 3.8) is 0 Å². The van der Waals surface area contributed by atoms with Crippen LogP contribution < -0.4 is 10.6 Å². The van der Waals surface area contributed by atoms with Gasteiger partial charge >= 0.3 is 0 Å². The molecule has 1 unspecified atom stereocenters. The number of ketones is 1. The summed E-state index contributed by atoms with van der Waals surface area (Å²) in [5.41, 5.74) is 0.678. The fourth-order valence-corrected chi connectivity index (χ4v) is 4.30. The minimum atomic E-state index is -1.35.